The Kier molecular flexibility index (Phi) is 3.89. The number of para-hydroxylation sites is 2. The van der Waals surface area contributed by atoms with Gasteiger partial charge in [0.15, 0.2) is 5.82 Å². The number of nitrogens with zero attached hydrogens (tertiary/aromatic N) is 7. The van der Waals surface area contributed by atoms with E-state index in [9.17, 15) is 4.79 Å². The van der Waals surface area contributed by atoms with Crippen LogP contribution in [0.15, 0.2) is 30.6 Å². The summed E-state index contributed by atoms with van der Waals surface area (Å²) < 4.78 is 3.65. The SMILES string of the molecule is CNC(=O)Cc1nc(C2CCn3ncnc3C2)n(-c2nc3ccccc3[nH]2)n1. The van der Waals surface area contributed by atoms with Gasteiger partial charge in [0.2, 0.25) is 11.9 Å². The van der Waals surface area contributed by atoms with E-state index in [2.05, 4.69) is 30.5 Å². The minimum atomic E-state index is -0.128. The molecule has 3 aromatic heterocycles. The third-order valence-electron chi connectivity index (χ3n) is 5.03. The number of fused-ring (bicyclic) bond motifs is 2. The first kappa shape index (κ1) is 16.6. The summed E-state index contributed by atoms with van der Waals surface area (Å²) in [5.41, 5.74) is 1.78. The number of H-pyrrole nitrogens is 1. The molecule has 4 aromatic rings. The van der Waals surface area contributed by atoms with Gasteiger partial charge in [0.05, 0.1) is 17.5 Å². The van der Waals surface area contributed by atoms with Crippen LogP contribution < -0.4 is 5.32 Å². The fraction of sp³-hybridized carbons (Fsp3) is 0.333. The standard InChI is InChI=1S/C18H19N9O/c1-19-16(28)9-14-24-17(11-6-7-26-15(8-11)20-10-21-26)27(25-14)18-22-12-4-2-3-5-13(12)23-18/h2-5,10-11H,6-9H2,1H3,(H,19,28)(H,22,23). The average molecular weight is 377 g/mol. The average Bonchev–Trinajstić information content (AvgIpc) is 3.44. The van der Waals surface area contributed by atoms with Gasteiger partial charge in [-0.3, -0.25) is 9.48 Å². The number of amides is 1. The lowest BCUT2D eigenvalue weighted by atomic mass is 9.97. The zero-order chi connectivity index (χ0) is 19.1. The smallest absolute Gasteiger partial charge is 0.230 e. The number of hydrogen-bond acceptors (Lipinski definition) is 6. The Balaban J connectivity index is 1.57. The van der Waals surface area contributed by atoms with Crippen molar-refractivity contribution in [3.05, 3.63) is 48.1 Å². The van der Waals surface area contributed by atoms with Gasteiger partial charge in [-0.1, -0.05) is 12.1 Å². The Hall–Kier alpha value is -3.56. The van der Waals surface area contributed by atoms with E-state index in [1.165, 1.54) is 0 Å². The van der Waals surface area contributed by atoms with E-state index in [1.54, 1.807) is 18.1 Å². The van der Waals surface area contributed by atoms with Crippen LogP contribution in [0, 0.1) is 0 Å². The summed E-state index contributed by atoms with van der Waals surface area (Å²) >= 11 is 0. The Morgan fingerprint density at radius 1 is 1.32 bits per heavy atom. The molecular weight excluding hydrogens is 358 g/mol. The number of rotatable bonds is 4. The Morgan fingerprint density at radius 2 is 2.21 bits per heavy atom. The number of imidazole rings is 1. The third kappa shape index (κ3) is 2.82. The van der Waals surface area contributed by atoms with Crippen LogP contribution in [0.25, 0.3) is 17.0 Å². The summed E-state index contributed by atoms with van der Waals surface area (Å²) in [6.07, 6.45) is 3.30. The second kappa shape index (κ2) is 6.55. The zero-order valence-electron chi connectivity index (χ0n) is 15.3. The van der Waals surface area contributed by atoms with Crippen molar-refractivity contribution in [2.24, 2.45) is 0 Å². The summed E-state index contributed by atoms with van der Waals surface area (Å²) in [7, 11) is 1.60. The highest BCUT2D eigenvalue weighted by Gasteiger charge is 2.28. The number of benzene rings is 1. The molecule has 1 aromatic carbocycles. The maximum atomic E-state index is 11.8. The van der Waals surface area contributed by atoms with Gasteiger partial charge in [-0.2, -0.15) is 9.78 Å². The van der Waals surface area contributed by atoms with Crippen molar-refractivity contribution in [2.75, 3.05) is 7.05 Å². The zero-order valence-corrected chi connectivity index (χ0v) is 15.3. The molecular formula is C18H19N9O. The van der Waals surface area contributed by atoms with E-state index in [-0.39, 0.29) is 18.2 Å². The summed E-state index contributed by atoms with van der Waals surface area (Å²) in [5.74, 6) is 2.78. The number of aromatic nitrogens is 8. The highest BCUT2D eigenvalue weighted by Crippen LogP contribution is 2.28. The molecule has 0 aliphatic carbocycles. The van der Waals surface area contributed by atoms with E-state index < -0.39 is 0 Å². The Labute approximate surface area is 160 Å². The number of carbonyl (C=O) groups is 1. The van der Waals surface area contributed by atoms with Crippen LogP contribution in [0.4, 0.5) is 0 Å². The van der Waals surface area contributed by atoms with E-state index in [1.807, 2.05) is 28.9 Å². The molecule has 0 radical (unpaired) electrons. The van der Waals surface area contributed by atoms with Gasteiger partial charge in [0.1, 0.15) is 18.0 Å². The molecule has 0 saturated heterocycles. The molecule has 1 amide bonds. The number of aryl methyl sites for hydroxylation is 1. The molecule has 0 fully saturated rings. The van der Waals surface area contributed by atoms with Gasteiger partial charge in [-0.15, -0.1) is 5.10 Å². The van der Waals surface area contributed by atoms with Crippen molar-refractivity contribution in [3.8, 4) is 5.95 Å². The van der Waals surface area contributed by atoms with E-state index >= 15 is 0 Å². The van der Waals surface area contributed by atoms with Crippen molar-refractivity contribution < 1.29 is 4.79 Å². The summed E-state index contributed by atoms with van der Waals surface area (Å²) in [5, 5.41) is 11.5. The Morgan fingerprint density at radius 3 is 3.07 bits per heavy atom. The maximum Gasteiger partial charge on any atom is 0.230 e. The largest absolute Gasteiger partial charge is 0.359 e. The summed E-state index contributed by atoms with van der Waals surface area (Å²) in [6.45, 7) is 0.776. The first-order valence-corrected chi connectivity index (χ1v) is 9.19. The van der Waals surface area contributed by atoms with Gasteiger partial charge in [-0.25, -0.2) is 15.0 Å². The summed E-state index contributed by atoms with van der Waals surface area (Å²) in [6, 6.07) is 7.81. The second-order valence-electron chi connectivity index (χ2n) is 6.81. The second-order valence-corrected chi connectivity index (χ2v) is 6.81. The molecule has 1 aliphatic heterocycles. The van der Waals surface area contributed by atoms with E-state index in [4.69, 9.17) is 4.98 Å². The fourth-order valence-electron chi connectivity index (χ4n) is 3.59. The number of likely N-dealkylation sites (N-methyl/N-ethyl adjacent to an activating group) is 1. The van der Waals surface area contributed by atoms with Crippen molar-refractivity contribution in [1.82, 2.24) is 44.8 Å². The van der Waals surface area contributed by atoms with Gasteiger partial charge < -0.3 is 10.3 Å². The molecule has 1 aliphatic rings. The molecule has 142 valence electrons. The van der Waals surface area contributed by atoms with Crippen molar-refractivity contribution >= 4 is 16.9 Å². The molecule has 0 saturated carbocycles. The predicted octanol–water partition coefficient (Wildman–Crippen LogP) is 0.754. The normalized spacial score (nSPS) is 16.2. The highest BCUT2D eigenvalue weighted by atomic mass is 16.1. The van der Waals surface area contributed by atoms with Crippen LogP contribution in [-0.2, 0) is 24.2 Å². The maximum absolute atomic E-state index is 11.8. The first-order chi connectivity index (χ1) is 13.7. The topological polar surface area (TPSA) is 119 Å². The lowest BCUT2D eigenvalue weighted by molar-refractivity contribution is -0.120. The van der Waals surface area contributed by atoms with Crippen LogP contribution in [0.2, 0.25) is 0 Å². The summed E-state index contributed by atoms with van der Waals surface area (Å²) in [4.78, 5) is 28.8. The number of aromatic amines is 1. The molecule has 28 heavy (non-hydrogen) atoms. The first-order valence-electron chi connectivity index (χ1n) is 9.19. The van der Waals surface area contributed by atoms with Crippen molar-refractivity contribution in [2.45, 2.75) is 31.7 Å². The number of hydrogen-bond donors (Lipinski definition) is 2. The molecule has 10 heteroatoms. The molecule has 0 bridgehead atoms. The number of nitrogens with one attached hydrogen (secondary N) is 2. The van der Waals surface area contributed by atoms with Crippen LogP contribution >= 0.6 is 0 Å². The molecule has 5 rings (SSSR count). The molecule has 1 atom stereocenters. The number of carbonyl (C=O) groups excluding carboxylic acids is 1. The lowest BCUT2D eigenvalue weighted by Gasteiger charge is -2.21. The van der Waals surface area contributed by atoms with Gasteiger partial charge >= 0.3 is 0 Å². The predicted molar refractivity (Wildman–Crippen MR) is 99.9 cm³/mol. The van der Waals surface area contributed by atoms with Crippen LogP contribution in [0.1, 0.15) is 29.8 Å². The quantitative estimate of drug-likeness (QED) is 0.542. The van der Waals surface area contributed by atoms with Crippen LogP contribution in [0.5, 0.6) is 0 Å². The molecule has 10 nitrogen and oxygen atoms in total. The lowest BCUT2D eigenvalue weighted by Crippen LogP contribution is -2.22. The van der Waals surface area contributed by atoms with Crippen LogP contribution in [0.3, 0.4) is 0 Å². The molecule has 4 heterocycles. The molecule has 2 N–H and O–H groups in total. The van der Waals surface area contributed by atoms with Gasteiger partial charge in [-0.05, 0) is 18.6 Å². The van der Waals surface area contributed by atoms with Crippen molar-refractivity contribution in [3.63, 3.8) is 0 Å². The monoisotopic (exact) mass is 377 g/mol. The van der Waals surface area contributed by atoms with Gasteiger partial charge in [0.25, 0.3) is 0 Å². The minimum absolute atomic E-state index is 0.121. The minimum Gasteiger partial charge on any atom is -0.359 e. The molecule has 1 unspecified atom stereocenters. The Bertz CT molecular complexity index is 1120. The van der Waals surface area contributed by atoms with E-state index in [0.29, 0.717) is 11.8 Å². The third-order valence-corrected chi connectivity index (χ3v) is 5.03. The van der Waals surface area contributed by atoms with Gasteiger partial charge in [0, 0.05) is 25.9 Å². The molecule has 0 spiro atoms. The van der Waals surface area contributed by atoms with E-state index in [0.717, 1.165) is 42.1 Å². The fourth-order valence-corrected chi connectivity index (χ4v) is 3.59. The van der Waals surface area contributed by atoms with Crippen LogP contribution in [-0.4, -0.2) is 52.5 Å². The van der Waals surface area contributed by atoms with Crippen molar-refractivity contribution in [1.29, 1.82) is 0 Å². The highest BCUT2D eigenvalue weighted by molar-refractivity contribution is 5.77.